The van der Waals surface area contributed by atoms with Gasteiger partial charge in [0.15, 0.2) is 6.29 Å². The Kier molecular flexibility index (Phi) is 2.87. The highest BCUT2D eigenvalue weighted by Gasteiger charge is 2.28. The number of nitrogens with one attached hydrogen (secondary N) is 1. The van der Waals surface area contributed by atoms with Crippen LogP contribution in [0.15, 0.2) is 35.2 Å². The standard InChI is InChI=1S/C11H7NO3S/c13-6-8(7-4-2-1-3-5-7)9-10(14)12-11(15)16-9/h1-6H,(H,12,14,15)/b9-8+. The van der Waals surface area contributed by atoms with Gasteiger partial charge in [0, 0.05) is 5.57 Å². The van der Waals surface area contributed by atoms with Crippen molar-refractivity contribution in [2.75, 3.05) is 0 Å². The summed E-state index contributed by atoms with van der Waals surface area (Å²) in [6, 6.07) is 8.77. The van der Waals surface area contributed by atoms with Crippen molar-refractivity contribution in [2.24, 2.45) is 0 Å². The maximum absolute atomic E-state index is 11.4. The van der Waals surface area contributed by atoms with Gasteiger partial charge in [0.1, 0.15) is 0 Å². The van der Waals surface area contributed by atoms with E-state index in [0.29, 0.717) is 11.8 Å². The van der Waals surface area contributed by atoms with E-state index in [2.05, 4.69) is 5.32 Å². The topological polar surface area (TPSA) is 63.2 Å². The molecular formula is C11H7NO3S. The largest absolute Gasteiger partial charge is 0.298 e. The van der Waals surface area contributed by atoms with Gasteiger partial charge in [-0.2, -0.15) is 0 Å². The fourth-order valence-electron chi connectivity index (χ4n) is 1.36. The molecule has 5 heteroatoms. The van der Waals surface area contributed by atoms with Crippen LogP contribution in [-0.2, 0) is 9.59 Å². The number of hydrogen-bond acceptors (Lipinski definition) is 4. The molecule has 0 unspecified atom stereocenters. The second kappa shape index (κ2) is 4.32. The summed E-state index contributed by atoms with van der Waals surface area (Å²) in [5.74, 6) is -0.513. The van der Waals surface area contributed by atoms with Crippen LogP contribution in [0.2, 0.25) is 0 Å². The number of benzene rings is 1. The molecule has 1 aliphatic rings. The van der Waals surface area contributed by atoms with Gasteiger partial charge in [-0.05, 0) is 17.3 Å². The Labute approximate surface area is 95.7 Å². The molecule has 0 atom stereocenters. The first-order chi connectivity index (χ1) is 7.72. The average Bonchev–Trinajstić information content (AvgIpc) is 2.61. The third kappa shape index (κ3) is 1.90. The van der Waals surface area contributed by atoms with E-state index in [1.54, 1.807) is 24.3 Å². The maximum atomic E-state index is 11.4. The zero-order valence-corrected chi connectivity index (χ0v) is 8.91. The van der Waals surface area contributed by atoms with E-state index in [4.69, 9.17) is 0 Å². The van der Waals surface area contributed by atoms with Crippen LogP contribution in [0, 0.1) is 0 Å². The van der Waals surface area contributed by atoms with Crippen LogP contribution in [0.5, 0.6) is 0 Å². The molecule has 0 saturated carbocycles. The molecule has 0 radical (unpaired) electrons. The number of aldehydes is 1. The van der Waals surface area contributed by atoms with Crippen LogP contribution in [0.1, 0.15) is 5.56 Å². The van der Waals surface area contributed by atoms with E-state index in [1.165, 1.54) is 0 Å². The van der Waals surface area contributed by atoms with Crippen molar-refractivity contribution >= 4 is 34.8 Å². The minimum atomic E-state index is -0.513. The summed E-state index contributed by atoms with van der Waals surface area (Å²) in [7, 11) is 0. The van der Waals surface area contributed by atoms with Gasteiger partial charge in [0.2, 0.25) is 0 Å². The lowest BCUT2D eigenvalue weighted by molar-refractivity contribution is -0.115. The molecule has 2 rings (SSSR count). The molecule has 1 N–H and O–H groups in total. The van der Waals surface area contributed by atoms with E-state index >= 15 is 0 Å². The number of amides is 2. The van der Waals surface area contributed by atoms with Crippen molar-refractivity contribution in [3.05, 3.63) is 40.8 Å². The molecular weight excluding hydrogens is 226 g/mol. The molecule has 1 aromatic rings. The van der Waals surface area contributed by atoms with Crippen LogP contribution in [0.25, 0.3) is 5.57 Å². The Morgan fingerprint density at radius 3 is 2.38 bits per heavy atom. The van der Waals surface area contributed by atoms with Gasteiger partial charge in [-0.25, -0.2) is 0 Å². The Hall–Kier alpha value is -1.88. The van der Waals surface area contributed by atoms with Crippen molar-refractivity contribution in [1.29, 1.82) is 0 Å². The van der Waals surface area contributed by atoms with Crippen LogP contribution in [-0.4, -0.2) is 17.4 Å². The maximum Gasteiger partial charge on any atom is 0.290 e. The molecule has 1 aromatic carbocycles. The SMILES string of the molecule is O=C/C(=C1\SC(=O)NC1=O)c1ccccc1. The minimum absolute atomic E-state index is 0.159. The summed E-state index contributed by atoms with van der Waals surface area (Å²) in [4.78, 5) is 33.5. The zero-order valence-electron chi connectivity index (χ0n) is 8.10. The highest BCUT2D eigenvalue weighted by molar-refractivity contribution is 8.18. The number of rotatable bonds is 2. The molecule has 1 aliphatic heterocycles. The minimum Gasteiger partial charge on any atom is -0.298 e. The summed E-state index contributed by atoms with van der Waals surface area (Å²) in [5.41, 5.74) is 0.874. The molecule has 0 aromatic heterocycles. The average molecular weight is 233 g/mol. The van der Waals surface area contributed by atoms with Crippen molar-refractivity contribution in [3.8, 4) is 0 Å². The lowest BCUT2D eigenvalue weighted by atomic mass is 10.1. The highest BCUT2D eigenvalue weighted by atomic mass is 32.2. The fraction of sp³-hybridized carbons (Fsp3) is 0. The van der Waals surface area contributed by atoms with Crippen molar-refractivity contribution < 1.29 is 14.4 Å². The molecule has 1 heterocycles. The Morgan fingerprint density at radius 1 is 1.19 bits per heavy atom. The van der Waals surface area contributed by atoms with E-state index in [9.17, 15) is 14.4 Å². The van der Waals surface area contributed by atoms with Gasteiger partial charge in [0.05, 0.1) is 4.91 Å². The second-order valence-corrected chi connectivity index (χ2v) is 4.05. The first-order valence-electron chi connectivity index (χ1n) is 4.50. The first-order valence-corrected chi connectivity index (χ1v) is 5.32. The summed E-state index contributed by atoms with van der Waals surface area (Å²) in [5, 5.41) is 1.67. The third-order valence-electron chi connectivity index (χ3n) is 2.06. The van der Waals surface area contributed by atoms with Crippen LogP contribution in [0.4, 0.5) is 4.79 Å². The predicted octanol–water partition coefficient (Wildman–Crippen LogP) is 1.58. The summed E-state index contributed by atoms with van der Waals surface area (Å²) < 4.78 is 0. The molecule has 0 bridgehead atoms. The summed E-state index contributed by atoms with van der Waals surface area (Å²) in [6.07, 6.45) is 0.593. The van der Waals surface area contributed by atoms with Gasteiger partial charge in [0.25, 0.3) is 11.1 Å². The van der Waals surface area contributed by atoms with E-state index in [1.807, 2.05) is 6.07 Å². The Bertz CT molecular complexity index is 493. The quantitative estimate of drug-likeness (QED) is 0.622. The summed E-state index contributed by atoms with van der Waals surface area (Å²) in [6.45, 7) is 0. The number of imide groups is 1. The predicted molar refractivity (Wildman–Crippen MR) is 60.6 cm³/mol. The molecule has 0 aliphatic carbocycles. The molecule has 1 fully saturated rings. The van der Waals surface area contributed by atoms with E-state index in [0.717, 1.165) is 11.8 Å². The van der Waals surface area contributed by atoms with Gasteiger partial charge in [-0.3, -0.25) is 19.7 Å². The molecule has 4 nitrogen and oxygen atoms in total. The van der Waals surface area contributed by atoms with Crippen LogP contribution < -0.4 is 5.32 Å². The Morgan fingerprint density at radius 2 is 1.88 bits per heavy atom. The van der Waals surface area contributed by atoms with Crippen molar-refractivity contribution in [1.82, 2.24) is 5.32 Å². The molecule has 16 heavy (non-hydrogen) atoms. The molecule has 0 spiro atoms. The van der Waals surface area contributed by atoms with Gasteiger partial charge in [-0.1, -0.05) is 30.3 Å². The number of allylic oxidation sites excluding steroid dienone is 1. The number of thioether (sulfide) groups is 1. The highest BCUT2D eigenvalue weighted by Crippen LogP contribution is 2.30. The van der Waals surface area contributed by atoms with Gasteiger partial charge < -0.3 is 0 Å². The monoisotopic (exact) mass is 233 g/mol. The van der Waals surface area contributed by atoms with E-state index in [-0.39, 0.29) is 10.5 Å². The number of carbonyl (C=O) groups is 3. The van der Waals surface area contributed by atoms with Crippen molar-refractivity contribution in [3.63, 3.8) is 0 Å². The molecule has 2 amide bonds. The lowest BCUT2D eigenvalue weighted by Crippen LogP contribution is -2.18. The lowest BCUT2D eigenvalue weighted by Gasteiger charge is -2.01. The van der Waals surface area contributed by atoms with Gasteiger partial charge >= 0.3 is 0 Å². The van der Waals surface area contributed by atoms with Crippen LogP contribution in [0.3, 0.4) is 0 Å². The third-order valence-corrected chi connectivity index (χ3v) is 2.96. The molecule has 1 saturated heterocycles. The van der Waals surface area contributed by atoms with E-state index < -0.39 is 11.1 Å². The zero-order chi connectivity index (χ0) is 11.5. The number of carbonyl (C=O) groups excluding carboxylic acids is 3. The Balaban J connectivity index is 2.51. The number of hydrogen-bond donors (Lipinski definition) is 1. The molecule has 80 valence electrons. The van der Waals surface area contributed by atoms with Crippen molar-refractivity contribution in [2.45, 2.75) is 0 Å². The first kappa shape index (κ1) is 10.6. The second-order valence-electron chi connectivity index (χ2n) is 3.07. The normalized spacial score (nSPS) is 18.2. The summed E-state index contributed by atoms with van der Waals surface area (Å²) >= 11 is 0.750. The van der Waals surface area contributed by atoms with Crippen LogP contribution >= 0.6 is 11.8 Å². The van der Waals surface area contributed by atoms with Gasteiger partial charge in [-0.15, -0.1) is 0 Å². The smallest absolute Gasteiger partial charge is 0.290 e. The fourth-order valence-corrected chi connectivity index (χ4v) is 2.11.